The first-order chi connectivity index (χ1) is 12.0. The SMILES string of the molecule is NC(=O)Cc1ccc(Nc2nc3ccccn3c(=O)c2[N+](=O)[O-])cc1. The highest BCUT2D eigenvalue weighted by molar-refractivity contribution is 5.77. The first-order valence-corrected chi connectivity index (χ1v) is 7.26. The number of pyridine rings is 1. The van der Waals surface area contributed by atoms with E-state index in [1.54, 1.807) is 42.5 Å². The molecule has 1 amide bonds. The van der Waals surface area contributed by atoms with E-state index in [9.17, 15) is 19.7 Å². The molecule has 9 heteroatoms. The maximum atomic E-state index is 12.3. The van der Waals surface area contributed by atoms with Gasteiger partial charge >= 0.3 is 11.2 Å². The number of primary amides is 1. The summed E-state index contributed by atoms with van der Waals surface area (Å²) >= 11 is 0. The van der Waals surface area contributed by atoms with E-state index in [1.165, 1.54) is 6.20 Å². The molecular weight excluding hydrogens is 326 g/mol. The van der Waals surface area contributed by atoms with Crippen molar-refractivity contribution in [3.05, 3.63) is 74.7 Å². The molecule has 3 N–H and O–H groups in total. The number of nitro groups is 1. The lowest BCUT2D eigenvalue weighted by molar-refractivity contribution is -0.385. The number of rotatable bonds is 5. The van der Waals surface area contributed by atoms with Crippen molar-refractivity contribution in [3.63, 3.8) is 0 Å². The van der Waals surface area contributed by atoms with Gasteiger partial charge in [-0.2, -0.15) is 0 Å². The predicted octanol–water partition coefficient (Wildman–Crippen LogP) is 1.37. The molecule has 3 aromatic rings. The zero-order chi connectivity index (χ0) is 18.0. The fourth-order valence-electron chi connectivity index (χ4n) is 2.38. The number of nitrogens with two attached hydrogens (primary N) is 1. The van der Waals surface area contributed by atoms with Gasteiger partial charge in [-0.25, -0.2) is 4.98 Å². The molecule has 0 radical (unpaired) electrons. The van der Waals surface area contributed by atoms with Gasteiger partial charge in [0.05, 0.1) is 11.3 Å². The monoisotopic (exact) mass is 339 g/mol. The van der Waals surface area contributed by atoms with E-state index in [-0.39, 0.29) is 17.9 Å². The van der Waals surface area contributed by atoms with Gasteiger partial charge in [-0.15, -0.1) is 0 Å². The number of nitrogens with zero attached hydrogens (tertiary/aromatic N) is 3. The Labute approximate surface area is 140 Å². The van der Waals surface area contributed by atoms with Crippen molar-refractivity contribution >= 4 is 28.7 Å². The lowest BCUT2D eigenvalue weighted by atomic mass is 10.1. The maximum absolute atomic E-state index is 12.3. The molecule has 1 aromatic carbocycles. The van der Waals surface area contributed by atoms with Crippen LogP contribution in [0.15, 0.2) is 53.5 Å². The third kappa shape index (κ3) is 3.29. The molecule has 2 heterocycles. The molecule has 0 aliphatic heterocycles. The van der Waals surface area contributed by atoms with Crippen LogP contribution in [0.1, 0.15) is 5.56 Å². The van der Waals surface area contributed by atoms with Gasteiger partial charge < -0.3 is 11.1 Å². The average Bonchev–Trinajstić information content (AvgIpc) is 2.56. The predicted molar refractivity (Wildman–Crippen MR) is 90.7 cm³/mol. The molecule has 3 rings (SSSR count). The van der Waals surface area contributed by atoms with Crippen LogP contribution in [-0.4, -0.2) is 20.2 Å². The first-order valence-electron chi connectivity index (χ1n) is 7.26. The minimum Gasteiger partial charge on any atom is -0.369 e. The van der Waals surface area contributed by atoms with E-state index in [2.05, 4.69) is 10.3 Å². The number of hydrogen-bond acceptors (Lipinski definition) is 6. The molecule has 0 aliphatic carbocycles. The zero-order valence-corrected chi connectivity index (χ0v) is 12.9. The molecule has 25 heavy (non-hydrogen) atoms. The summed E-state index contributed by atoms with van der Waals surface area (Å²) in [6.45, 7) is 0. The molecule has 9 nitrogen and oxygen atoms in total. The van der Waals surface area contributed by atoms with Gasteiger partial charge in [0.2, 0.25) is 11.7 Å². The highest BCUT2D eigenvalue weighted by atomic mass is 16.6. The number of nitrogens with one attached hydrogen (secondary N) is 1. The second kappa shape index (κ2) is 6.40. The lowest BCUT2D eigenvalue weighted by Gasteiger charge is -2.08. The van der Waals surface area contributed by atoms with E-state index in [1.807, 2.05) is 0 Å². The van der Waals surface area contributed by atoms with Crippen LogP contribution in [0.25, 0.3) is 5.65 Å². The van der Waals surface area contributed by atoms with Crippen LogP contribution < -0.4 is 16.6 Å². The Balaban J connectivity index is 2.03. The van der Waals surface area contributed by atoms with Gasteiger partial charge in [-0.1, -0.05) is 18.2 Å². The highest BCUT2D eigenvalue weighted by Crippen LogP contribution is 2.23. The van der Waals surface area contributed by atoms with Crippen molar-refractivity contribution in [2.24, 2.45) is 5.73 Å². The number of hydrogen-bond donors (Lipinski definition) is 2. The van der Waals surface area contributed by atoms with E-state index in [4.69, 9.17) is 5.73 Å². The van der Waals surface area contributed by atoms with E-state index < -0.39 is 22.1 Å². The highest BCUT2D eigenvalue weighted by Gasteiger charge is 2.23. The van der Waals surface area contributed by atoms with Crippen molar-refractivity contribution < 1.29 is 9.72 Å². The Morgan fingerprint density at radius 2 is 1.96 bits per heavy atom. The molecule has 0 bridgehead atoms. The van der Waals surface area contributed by atoms with Crippen molar-refractivity contribution in [1.29, 1.82) is 0 Å². The second-order valence-electron chi connectivity index (χ2n) is 5.27. The number of benzene rings is 1. The number of aromatic nitrogens is 2. The quantitative estimate of drug-likeness (QED) is 0.533. The van der Waals surface area contributed by atoms with Crippen LogP contribution >= 0.6 is 0 Å². The summed E-state index contributed by atoms with van der Waals surface area (Å²) in [6, 6.07) is 11.4. The van der Waals surface area contributed by atoms with Gasteiger partial charge in [0.25, 0.3) is 0 Å². The largest absolute Gasteiger partial charge is 0.376 e. The smallest absolute Gasteiger partial charge is 0.369 e. The molecule has 2 aromatic heterocycles. The minimum absolute atomic E-state index is 0.0933. The van der Waals surface area contributed by atoms with Gasteiger partial charge in [0, 0.05) is 11.9 Å². The van der Waals surface area contributed by atoms with E-state index in [0.29, 0.717) is 11.3 Å². The van der Waals surface area contributed by atoms with Crippen LogP contribution in [-0.2, 0) is 11.2 Å². The Hall–Kier alpha value is -3.75. The van der Waals surface area contributed by atoms with E-state index >= 15 is 0 Å². The third-order valence-corrected chi connectivity index (χ3v) is 3.49. The third-order valence-electron chi connectivity index (χ3n) is 3.49. The summed E-state index contributed by atoms with van der Waals surface area (Å²) in [5.41, 5.74) is 5.19. The number of anilines is 2. The molecule has 0 fully saturated rings. The Kier molecular flexibility index (Phi) is 4.12. The fraction of sp³-hybridized carbons (Fsp3) is 0.0625. The van der Waals surface area contributed by atoms with Crippen LogP contribution in [0, 0.1) is 10.1 Å². The van der Waals surface area contributed by atoms with Crippen LogP contribution in [0.5, 0.6) is 0 Å². The fourth-order valence-corrected chi connectivity index (χ4v) is 2.38. The molecule has 0 saturated heterocycles. The second-order valence-corrected chi connectivity index (χ2v) is 5.27. The van der Waals surface area contributed by atoms with Crippen molar-refractivity contribution in [1.82, 2.24) is 9.38 Å². The van der Waals surface area contributed by atoms with Gasteiger partial charge in [0.1, 0.15) is 5.65 Å². The number of amides is 1. The number of carbonyl (C=O) groups is 1. The molecule has 0 aliphatic rings. The average molecular weight is 339 g/mol. The summed E-state index contributed by atoms with van der Waals surface area (Å²) in [6.07, 6.45) is 1.51. The lowest BCUT2D eigenvalue weighted by Crippen LogP contribution is -2.20. The molecule has 0 saturated carbocycles. The van der Waals surface area contributed by atoms with Gasteiger partial charge in [-0.05, 0) is 29.8 Å². The van der Waals surface area contributed by atoms with Crippen LogP contribution in [0.3, 0.4) is 0 Å². The minimum atomic E-state index is -0.775. The summed E-state index contributed by atoms with van der Waals surface area (Å²) in [4.78, 5) is 38.0. The van der Waals surface area contributed by atoms with Crippen molar-refractivity contribution in [2.75, 3.05) is 5.32 Å². The molecule has 126 valence electrons. The van der Waals surface area contributed by atoms with Crippen LogP contribution in [0.2, 0.25) is 0 Å². The zero-order valence-electron chi connectivity index (χ0n) is 12.9. The van der Waals surface area contributed by atoms with Crippen molar-refractivity contribution in [2.45, 2.75) is 6.42 Å². The van der Waals surface area contributed by atoms with Gasteiger partial charge in [-0.3, -0.25) is 24.1 Å². The molecule has 0 spiro atoms. The Morgan fingerprint density at radius 1 is 1.24 bits per heavy atom. The Morgan fingerprint density at radius 3 is 2.60 bits per heavy atom. The van der Waals surface area contributed by atoms with Crippen LogP contribution in [0.4, 0.5) is 17.2 Å². The first kappa shape index (κ1) is 16.1. The van der Waals surface area contributed by atoms with Crippen molar-refractivity contribution in [3.8, 4) is 0 Å². The maximum Gasteiger partial charge on any atom is 0.376 e. The molecule has 0 atom stereocenters. The summed E-state index contributed by atoms with van der Waals surface area (Å²) in [5.74, 6) is -0.607. The normalized spacial score (nSPS) is 10.6. The molecular formula is C16H13N5O4. The summed E-state index contributed by atoms with van der Waals surface area (Å²) in [7, 11) is 0. The standard InChI is InChI=1S/C16H13N5O4/c17-12(22)9-10-4-6-11(7-5-10)18-15-14(21(24)25)16(23)20-8-2-1-3-13(20)19-15/h1-8,18H,9H2,(H2,17,22). The van der Waals surface area contributed by atoms with E-state index in [0.717, 1.165) is 4.40 Å². The number of carbonyl (C=O) groups excluding carboxylic acids is 1. The van der Waals surface area contributed by atoms with Gasteiger partial charge in [0.15, 0.2) is 0 Å². The topological polar surface area (TPSA) is 133 Å². The summed E-state index contributed by atoms with van der Waals surface area (Å²) in [5, 5.41) is 14.1. The number of fused-ring (bicyclic) bond motifs is 1. The summed E-state index contributed by atoms with van der Waals surface area (Å²) < 4.78 is 1.11. The Bertz CT molecular complexity index is 1030. The molecule has 0 unspecified atom stereocenters.